The Labute approximate surface area is 159 Å². The Hall–Kier alpha value is -2.77. The smallest absolute Gasteiger partial charge is 0.409 e. The maximum absolute atomic E-state index is 12.6. The molecule has 1 aromatic rings. The number of benzene rings is 1. The Morgan fingerprint density at radius 3 is 2.30 bits per heavy atom. The van der Waals surface area contributed by atoms with Crippen LogP contribution in [0.1, 0.15) is 19.4 Å². The molecule has 1 aliphatic heterocycles. The number of nitrogens with zero attached hydrogens (tertiary/aromatic N) is 3. The van der Waals surface area contributed by atoms with Crippen LogP contribution in [-0.2, 0) is 20.9 Å². The molecule has 0 saturated carbocycles. The first-order valence-electron chi connectivity index (χ1n) is 9.03. The highest BCUT2D eigenvalue weighted by Crippen LogP contribution is 2.19. The van der Waals surface area contributed by atoms with Gasteiger partial charge in [-0.25, -0.2) is 4.79 Å². The molecule has 1 heterocycles. The Bertz CT molecular complexity index is 671. The predicted molar refractivity (Wildman–Crippen MR) is 99.3 cm³/mol. The molecule has 0 spiro atoms. The zero-order valence-electron chi connectivity index (χ0n) is 16.1. The van der Waals surface area contributed by atoms with Crippen molar-refractivity contribution in [1.82, 2.24) is 14.7 Å². The maximum Gasteiger partial charge on any atom is 0.409 e. The monoisotopic (exact) mass is 377 g/mol. The molecule has 0 radical (unpaired) electrons. The van der Waals surface area contributed by atoms with Crippen molar-refractivity contribution in [3.8, 4) is 5.75 Å². The van der Waals surface area contributed by atoms with Crippen LogP contribution >= 0.6 is 0 Å². The number of amides is 3. The van der Waals surface area contributed by atoms with Crippen LogP contribution < -0.4 is 4.74 Å². The average Bonchev–Trinajstić information content (AvgIpc) is 2.68. The van der Waals surface area contributed by atoms with Gasteiger partial charge in [-0.1, -0.05) is 18.2 Å². The molecule has 2 rings (SSSR count). The lowest BCUT2D eigenvalue weighted by atomic mass is 10.2. The molecule has 3 amide bonds. The van der Waals surface area contributed by atoms with Crippen LogP contribution in [0.4, 0.5) is 4.79 Å². The number of methoxy groups -OCH3 is 1. The fraction of sp³-hybridized carbons (Fsp3) is 0.526. The molecule has 8 heteroatoms. The normalized spacial score (nSPS) is 13.9. The van der Waals surface area contributed by atoms with E-state index in [9.17, 15) is 14.4 Å². The number of carbonyl (C=O) groups is 3. The van der Waals surface area contributed by atoms with Crippen molar-refractivity contribution in [2.24, 2.45) is 0 Å². The van der Waals surface area contributed by atoms with Gasteiger partial charge in [0.05, 0.1) is 13.7 Å². The summed E-state index contributed by atoms with van der Waals surface area (Å²) in [7, 11) is 1.57. The van der Waals surface area contributed by atoms with Crippen LogP contribution in [0.2, 0.25) is 0 Å². The quantitative estimate of drug-likeness (QED) is 0.748. The van der Waals surface area contributed by atoms with Crippen molar-refractivity contribution in [3.05, 3.63) is 29.8 Å². The summed E-state index contributed by atoms with van der Waals surface area (Å²) in [5.74, 6) is 0.363. The number of piperazine rings is 1. The lowest BCUT2D eigenvalue weighted by Gasteiger charge is -2.35. The van der Waals surface area contributed by atoms with Gasteiger partial charge in [-0.15, -0.1) is 0 Å². The van der Waals surface area contributed by atoms with E-state index in [1.165, 1.54) is 11.8 Å². The highest BCUT2D eigenvalue weighted by Gasteiger charge is 2.26. The Balaban J connectivity index is 1.94. The molecule has 148 valence electrons. The zero-order valence-corrected chi connectivity index (χ0v) is 16.1. The van der Waals surface area contributed by atoms with Crippen LogP contribution in [0.25, 0.3) is 0 Å². The van der Waals surface area contributed by atoms with Crippen molar-refractivity contribution in [3.63, 3.8) is 0 Å². The summed E-state index contributed by atoms with van der Waals surface area (Å²) in [5, 5.41) is 0. The fourth-order valence-corrected chi connectivity index (χ4v) is 2.93. The molecular weight excluding hydrogens is 350 g/mol. The number of ether oxygens (including phenoxy) is 2. The summed E-state index contributed by atoms with van der Waals surface area (Å²) in [6, 6.07) is 7.42. The van der Waals surface area contributed by atoms with E-state index >= 15 is 0 Å². The van der Waals surface area contributed by atoms with Gasteiger partial charge >= 0.3 is 6.09 Å². The van der Waals surface area contributed by atoms with E-state index < -0.39 is 0 Å². The second-order valence-corrected chi connectivity index (χ2v) is 6.25. The van der Waals surface area contributed by atoms with Gasteiger partial charge in [0.1, 0.15) is 12.3 Å². The summed E-state index contributed by atoms with van der Waals surface area (Å²) in [5.41, 5.74) is 0.843. The second-order valence-electron chi connectivity index (χ2n) is 6.25. The van der Waals surface area contributed by atoms with E-state index in [0.717, 1.165) is 5.56 Å². The topological polar surface area (TPSA) is 79.4 Å². The zero-order chi connectivity index (χ0) is 19.8. The summed E-state index contributed by atoms with van der Waals surface area (Å²) < 4.78 is 10.3. The van der Waals surface area contributed by atoms with Gasteiger partial charge in [0.25, 0.3) is 0 Å². The molecule has 0 atom stereocenters. The summed E-state index contributed by atoms with van der Waals surface area (Å²) >= 11 is 0. The number of rotatable bonds is 6. The molecule has 0 N–H and O–H groups in total. The van der Waals surface area contributed by atoms with Crippen molar-refractivity contribution in [1.29, 1.82) is 0 Å². The number of carbonyl (C=O) groups excluding carboxylic acids is 3. The van der Waals surface area contributed by atoms with Gasteiger partial charge in [0.15, 0.2) is 0 Å². The summed E-state index contributed by atoms with van der Waals surface area (Å²) in [6.45, 7) is 5.54. The van der Waals surface area contributed by atoms with Crippen molar-refractivity contribution in [2.75, 3.05) is 46.4 Å². The molecule has 8 nitrogen and oxygen atoms in total. The van der Waals surface area contributed by atoms with Gasteiger partial charge in [-0.05, 0) is 13.0 Å². The van der Waals surface area contributed by atoms with Gasteiger partial charge in [-0.3, -0.25) is 9.59 Å². The first kappa shape index (κ1) is 20.5. The van der Waals surface area contributed by atoms with E-state index in [-0.39, 0.29) is 24.5 Å². The van der Waals surface area contributed by atoms with E-state index in [4.69, 9.17) is 9.47 Å². The molecule has 27 heavy (non-hydrogen) atoms. The first-order chi connectivity index (χ1) is 13.0. The van der Waals surface area contributed by atoms with Crippen LogP contribution in [0.3, 0.4) is 0 Å². The lowest BCUT2D eigenvalue weighted by Crippen LogP contribution is -2.53. The van der Waals surface area contributed by atoms with Crippen LogP contribution in [0, 0.1) is 0 Å². The van der Waals surface area contributed by atoms with Gasteiger partial charge in [-0.2, -0.15) is 0 Å². The first-order valence-corrected chi connectivity index (χ1v) is 9.03. The molecular formula is C19H27N3O5. The molecule has 1 aromatic carbocycles. The Morgan fingerprint density at radius 1 is 1.07 bits per heavy atom. The SMILES string of the molecule is CCOC(=O)N1CCN(C(=O)CN(Cc2ccccc2OC)C(C)=O)CC1. The largest absolute Gasteiger partial charge is 0.496 e. The standard InChI is InChI=1S/C19H27N3O5/c1-4-27-19(25)21-11-9-20(10-12-21)18(24)14-22(15(2)23)13-16-7-5-6-8-17(16)26-3/h5-8H,4,9-14H2,1-3H3. The van der Waals surface area contributed by atoms with Gasteiger partial charge in [0, 0.05) is 45.2 Å². The fourth-order valence-electron chi connectivity index (χ4n) is 2.93. The molecule has 0 bridgehead atoms. The van der Waals surface area contributed by atoms with Crippen LogP contribution in [0.15, 0.2) is 24.3 Å². The summed E-state index contributed by atoms with van der Waals surface area (Å²) in [4.78, 5) is 41.2. The highest BCUT2D eigenvalue weighted by atomic mass is 16.6. The minimum atomic E-state index is -0.355. The Morgan fingerprint density at radius 2 is 1.70 bits per heavy atom. The van der Waals surface area contributed by atoms with Gasteiger partial charge < -0.3 is 24.2 Å². The lowest BCUT2D eigenvalue weighted by molar-refractivity contribution is -0.140. The molecule has 0 aromatic heterocycles. The van der Waals surface area contributed by atoms with E-state index in [1.54, 1.807) is 23.8 Å². The van der Waals surface area contributed by atoms with Crippen molar-refractivity contribution < 1.29 is 23.9 Å². The Kier molecular flexibility index (Phi) is 7.45. The van der Waals surface area contributed by atoms with E-state index in [2.05, 4.69) is 0 Å². The minimum absolute atomic E-state index is 0.00715. The molecule has 1 fully saturated rings. The average molecular weight is 377 g/mol. The number of hydrogen-bond donors (Lipinski definition) is 0. The van der Waals surface area contributed by atoms with Crippen LogP contribution in [-0.4, -0.2) is 79.0 Å². The molecule has 1 aliphatic rings. The van der Waals surface area contributed by atoms with Crippen molar-refractivity contribution in [2.45, 2.75) is 20.4 Å². The number of para-hydroxylation sites is 1. The van der Waals surface area contributed by atoms with Gasteiger partial charge in [0.2, 0.25) is 11.8 Å². The molecule has 0 unspecified atom stereocenters. The van der Waals surface area contributed by atoms with Crippen molar-refractivity contribution >= 4 is 17.9 Å². The van der Waals surface area contributed by atoms with E-state index in [0.29, 0.717) is 45.1 Å². The third-order valence-corrected chi connectivity index (χ3v) is 4.48. The second kappa shape index (κ2) is 9.80. The minimum Gasteiger partial charge on any atom is -0.496 e. The van der Waals surface area contributed by atoms with E-state index in [1.807, 2.05) is 24.3 Å². The molecule has 0 aliphatic carbocycles. The predicted octanol–water partition coefficient (Wildman–Crippen LogP) is 1.34. The third kappa shape index (κ3) is 5.60. The van der Waals surface area contributed by atoms with Crippen LogP contribution in [0.5, 0.6) is 5.75 Å². The third-order valence-electron chi connectivity index (χ3n) is 4.48. The maximum atomic E-state index is 12.6. The highest BCUT2D eigenvalue weighted by molar-refractivity contribution is 5.84. The molecule has 1 saturated heterocycles. The summed E-state index contributed by atoms with van der Waals surface area (Å²) in [6.07, 6.45) is -0.355. The number of hydrogen-bond acceptors (Lipinski definition) is 5.